The summed E-state index contributed by atoms with van der Waals surface area (Å²) in [6.07, 6.45) is 0.856. The van der Waals surface area contributed by atoms with Gasteiger partial charge in [0.1, 0.15) is 5.75 Å². The quantitative estimate of drug-likeness (QED) is 0.876. The van der Waals surface area contributed by atoms with Gasteiger partial charge in [-0.2, -0.15) is 4.98 Å². The van der Waals surface area contributed by atoms with Gasteiger partial charge in [-0.05, 0) is 19.4 Å². The number of para-hydroxylation sites is 1. The lowest BCUT2D eigenvalue weighted by atomic mass is 9.92. The van der Waals surface area contributed by atoms with E-state index in [0.717, 1.165) is 17.7 Å². The van der Waals surface area contributed by atoms with Gasteiger partial charge in [-0.1, -0.05) is 23.4 Å². The summed E-state index contributed by atoms with van der Waals surface area (Å²) in [6.45, 7) is 2.50. The highest BCUT2D eigenvalue weighted by atomic mass is 16.5. The number of aromatic nitrogens is 2. The predicted molar refractivity (Wildman–Crippen MR) is 65.3 cm³/mol. The van der Waals surface area contributed by atoms with Crippen molar-refractivity contribution in [2.45, 2.75) is 25.3 Å². The molecule has 1 aliphatic heterocycles. The Hall–Kier alpha value is -1.88. The van der Waals surface area contributed by atoms with Crippen LogP contribution in [0.25, 0.3) is 0 Å². The molecular formula is C13H15N3O2. The lowest BCUT2D eigenvalue weighted by Gasteiger charge is -2.23. The molecule has 2 N–H and O–H groups in total. The summed E-state index contributed by atoms with van der Waals surface area (Å²) in [5.74, 6) is 2.21. The molecule has 1 aliphatic rings. The molecular weight excluding hydrogens is 230 g/mol. The molecule has 0 saturated heterocycles. The van der Waals surface area contributed by atoms with Crippen LogP contribution in [0.3, 0.4) is 0 Å². The summed E-state index contributed by atoms with van der Waals surface area (Å²) >= 11 is 0. The topological polar surface area (TPSA) is 74.2 Å². The fourth-order valence-electron chi connectivity index (χ4n) is 2.18. The Morgan fingerprint density at radius 2 is 2.22 bits per heavy atom. The monoisotopic (exact) mass is 245 g/mol. The van der Waals surface area contributed by atoms with Gasteiger partial charge in [0.25, 0.3) is 0 Å². The van der Waals surface area contributed by atoms with Crippen LogP contribution in [0, 0.1) is 0 Å². The molecule has 0 amide bonds. The largest absolute Gasteiger partial charge is 0.493 e. The minimum Gasteiger partial charge on any atom is -0.493 e. The summed E-state index contributed by atoms with van der Waals surface area (Å²) < 4.78 is 10.8. The Labute approximate surface area is 105 Å². The van der Waals surface area contributed by atoms with E-state index in [2.05, 4.69) is 10.1 Å². The van der Waals surface area contributed by atoms with Crippen molar-refractivity contribution >= 4 is 0 Å². The van der Waals surface area contributed by atoms with Crippen LogP contribution in [-0.4, -0.2) is 16.7 Å². The number of ether oxygens (including phenoxy) is 1. The Morgan fingerprint density at radius 3 is 3.00 bits per heavy atom. The van der Waals surface area contributed by atoms with Gasteiger partial charge >= 0.3 is 0 Å². The van der Waals surface area contributed by atoms with E-state index in [-0.39, 0.29) is 12.0 Å². The first-order chi connectivity index (χ1) is 8.75. The third-order valence-corrected chi connectivity index (χ3v) is 3.12. The highest BCUT2D eigenvalue weighted by molar-refractivity contribution is 5.40. The molecule has 0 fully saturated rings. The number of benzene rings is 1. The van der Waals surface area contributed by atoms with Crippen molar-refractivity contribution in [3.8, 4) is 5.75 Å². The molecule has 5 heteroatoms. The van der Waals surface area contributed by atoms with Crippen molar-refractivity contribution in [1.82, 2.24) is 10.1 Å². The minimum atomic E-state index is -0.235. The number of nitrogens with zero attached hydrogens (tertiary/aromatic N) is 2. The molecule has 1 aromatic carbocycles. The Balaban J connectivity index is 1.97. The van der Waals surface area contributed by atoms with Crippen LogP contribution in [0.2, 0.25) is 0 Å². The standard InChI is InChI=1S/C13H15N3O2/c1-8(14)13-15-12(16-18-13)10-6-7-17-11-5-3-2-4-9(10)11/h2-5,8,10H,6-7,14H2,1H3. The van der Waals surface area contributed by atoms with E-state index in [1.165, 1.54) is 0 Å². The fraction of sp³-hybridized carbons (Fsp3) is 0.385. The van der Waals surface area contributed by atoms with Crippen molar-refractivity contribution < 1.29 is 9.26 Å². The average Bonchev–Trinajstić information content (AvgIpc) is 2.87. The first-order valence-electron chi connectivity index (χ1n) is 6.06. The van der Waals surface area contributed by atoms with Gasteiger partial charge in [0.05, 0.1) is 18.6 Å². The van der Waals surface area contributed by atoms with Gasteiger partial charge < -0.3 is 15.0 Å². The lowest BCUT2D eigenvalue weighted by Crippen LogP contribution is -2.16. The van der Waals surface area contributed by atoms with Crippen LogP contribution in [-0.2, 0) is 0 Å². The molecule has 0 radical (unpaired) electrons. The van der Waals surface area contributed by atoms with Crippen molar-refractivity contribution in [1.29, 1.82) is 0 Å². The van der Waals surface area contributed by atoms with E-state index in [0.29, 0.717) is 18.3 Å². The van der Waals surface area contributed by atoms with E-state index < -0.39 is 0 Å². The molecule has 94 valence electrons. The molecule has 0 saturated carbocycles. The van der Waals surface area contributed by atoms with Gasteiger partial charge in [-0.25, -0.2) is 0 Å². The van der Waals surface area contributed by atoms with Gasteiger partial charge in [-0.15, -0.1) is 0 Å². The van der Waals surface area contributed by atoms with Crippen LogP contribution in [0.15, 0.2) is 28.8 Å². The molecule has 0 spiro atoms. The minimum absolute atomic E-state index is 0.131. The van der Waals surface area contributed by atoms with Crippen LogP contribution in [0.5, 0.6) is 5.75 Å². The third-order valence-electron chi connectivity index (χ3n) is 3.12. The highest BCUT2D eigenvalue weighted by Crippen LogP contribution is 2.36. The second-order valence-corrected chi connectivity index (χ2v) is 4.51. The van der Waals surface area contributed by atoms with Crippen LogP contribution in [0.4, 0.5) is 0 Å². The summed E-state index contributed by atoms with van der Waals surface area (Å²) in [5, 5.41) is 4.04. The smallest absolute Gasteiger partial charge is 0.243 e. The summed E-state index contributed by atoms with van der Waals surface area (Å²) in [7, 11) is 0. The zero-order chi connectivity index (χ0) is 12.5. The molecule has 0 aliphatic carbocycles. The van der Waals surface area contributed by atoms with Gasteiger partial charge in [0.2, 0.25) is 5.89 Å². The first kappa shape index (κ1) is 11.2. The van der Waals surface area contributed by atoms with E-state index in [1.807, 2.05) is 31.2 Å². The fourth-order valence-corrected chi connectivity index (χ4v) is 2.18. The van der Waals surface area contributed by atoms with Gasteiger partial charge in [-0.3, -0.25) is 0 Å². The maximum atomic E-state index is 5.73. The van der Waals surface area contributed by atoms with Gasteiger partial charge in [0, 0.05) is 5.56 Å². The second kappa shape index (κ2) is 4.42. The Morgan fingerprint density at radius 1 is 1.39 bits per heavy atom. The van der Waals surface area contributed by atoms with E-state index >= 15 is 0 Å². The van der Waals surface area contributed by atoms with Crippen LogP contribution in [0.1, 0.15) is 42.6 Å². The maximum absolute atomic E-state index is 5.73. The number of rotatable bonds is 2. The molecule has 2 unspecified atom stereocenters. The molecule has 5 nitrogen and oxygen atoms in total. The van der Waals surface area contributed by atoms with Crippen LogP contribution >= 0.6 is 0 Å². The summed E-state index contributed by atoms with van der Waals surface area (Å²) in [5.41, 5.74) is 6.84. The molecule has 2 heterocycles. The van der Waals surface area contributed by atoms with E-state index in [1.54, 1.807) is 0 Å². The highest BCUT2D eigenvalue weighted by Gasteiger charge is 2.27. The summed E-state index contributed by atoms with van der Waals surface area (Å²) in [4.78, 5) is 4.37. The maximum Gasteiger partial charge on any atom is 0.243 e. The third kappa shape index (κ3) is 1.86. The molecule has 2 atom stereocenters. The second-order valence-electron chi connectivity index (χ2n) is 4.51. The number of hydrogen-bond donors (Lipinski definition) is 1. The predicted octanol–water partition coefficient (Wildman–Crippen LogP) is 2.00. The first-order valence-corrected chi connectivity index (χ1v) is 6.06. The summed E-state index contributed by atoms with van der Waals surface area (Å²) in [6, 6.07) is 7.73. The zero-order valence-electron chi connectivity index (χ0n) is 10.2. The number of fused-ring (bicyclic) bond motifs is 1. The molecule has 0 bridgehead atoms. The van der Waals surface area contributed by atoms with Gasteiger partial charge in [0.15, 0.2) is 5.82 Å². The normalized spacial score (nSPS) is 20.0. The molecule has 3 rings (SSSR count). The lowest BCUT2D eigenvalue weighted by molar-refractivity contribution is 0.272. The molecule has 1 aromatic heterocycles. The Bertz CT molecular complexity index is 551. The Kier molecular flexibility index (Phi) is 2.76. The molecule has 18 heavy (non-hydrogen) atoms. The van der Waals surface area contributed by atoms with Crippen molar-refractivity contribution in [2.75, 3.05) is 6.61 Å². The van der Waals surface area contributed by atoms with E-state index in [9.17, 15) is 0 Å². The SMILES string of the molecule is CC(N)c1nc(C2CCOc3ccccc32)no1. The molecule has 2 aromatic rings. The van der Waals surface area contributed by atoms with Crippen molar-refractivity contribution in [2.24, 2.45) is 5.73 Å². The number of nitrogens with two attached hydrogens (primary N) is 1. The number of hydrogen-bond acceptors (Lipinski definition) is 5. The average molecular weight is 245 g/mol. The van der Waals surface area contributed by atoms with Crippen molar-refractivity contribution in [3.05, 3.63) is 41.5 Å². The van der Waals surface area contributed by atoms with Crippen molar-refractivity contribution in [3.63, 3.8) is 0 Å². The van der Waals surface area contributed by atoms with Crippen LogP contribution < -0.4 is 10.5 Å². The zero-order valence-corrected chi connectivity index (χ0v) is 10.2. The van der Waals surface area contributed by atoms with E-state index in [4.69, 9.17) is 15.0 Å².